The summed E-state index contributed by atoms with van der Waals surface area (Å²) in [6, 6.07) is 5.74. The summed E-state index contributed by atoms with van der Waals surface area (Å²) in [5, 5.41) is -0.0746. The number of hydrogen-bond donors (Lipinski definition) is 0. The summed E-state index contributed by atoms with van der Waals surface area (Å²) in [6.45, 7) is 2.36. The third-order valence-electron chi connectivity index (χ3n) is 5.75. The van der Waals surface area contributed by atoms with Crippen molar-refractivity contribution in [2.24, 2.45) is 5.92 Å². The van der Waals surface area contributed by atoms with Crippen molar-refractivity contribution >= 4 is 26.6 Å². The zero-order valence-corrected chi connectivity index (χ0v) is 16.3. The molecule has 1 amide bonds. The summed E-state index contributed by atoms with van der Waals surface area (Å²) in [5.74, 6) is -0.659. The van der Waals surface area contributed by atoms with Crippen LogP contribution in [0.2, 0.25) is 0 Å². The van der Waals surface area contributed by atoms with E-state index in [1.165, 1.54) is 12.1 Å². The Kier molecular flexibility index (Phi) is 4.23. The highest BCUT2D eigenvalue weighted by molar-refractivity contribution is 7.92. The van der Waals surface area contributed by atoms with Crippen LogP contribution >= 0.6 is 0 Å². The molecule has 0 aliphatic carbocycles. The maximum Gasteiger partial charge on any atom is 0.254 e. The van der Waals surface area contributed by atoms with E-state index >= 15 is 0 Å². The Bertz CT molecular complexity index is 1040. The maximum absolute atomic E-state index is 13.7. The molecule has 6 nitrogen and oxygen atoms in total. The van der Waals surface area contributed by atoms with Gasteiger partial charge in [0.1, 0.15) is 5.82 Å². The van der Waals surface area contributed by atoms with E-state index in [2.05, 4.69) is 4.98 Å². The molecule has 8 heteroatoms. The number of carbonyl (C=O) groups is 1. The van der Waals surface area contributed by atoms with Gasteiger partial charge in [-0.05, 0) is 45.3 Å². The Morgan fingerprint density at radius 2 is 2.00 bits per heavy atom. The molecular formula is C19H22FN3O3S. The van der Waals surface area contributed by atoms with Crippen molar-refractivity contribution in [3.63, 3.8) is 0 Å². The normalized spacial score (nSPS) is 26.7. The lowest BCUT2D eigenvalue weighted by Gasteiger charge is -2.25. The molecule has 2 aliphatic heterocycles. The Labute approximate surface area is 157 Å². The predicted molar refractivity (Wildman–Crippen MR) is 101 cm³/mol. The first-order valence-electron chi connectivity index (χ1n) is 8.91. The molecule has 0 N–H and O–H groups in total. The van der Waals surface area contributed by atoms with Gasteiger partial charge in [-0.3, -0.25) is 9.78 Å². The number of hydrogen-bond acceptors (Lipinski definition) is 5. The molecule has 2 aromatic rings. The second kappa shape index (κ2) is 6.24. The minimum Gasteiger partial charge on any atom is -0.337 e. The van der Waals surface area contributed by atoms with Crippen molar-refractivity contribution < 1.29 is 17.6 Å². The highest BCUT2D eigenvalue weighted by Gasteiger charge is 2.53. The van der Waals surface area contributed by atoms with Crippen LogP contribution in [0.4, 0.5) is 4.39 Å². The van der Waals surface area contributed by atoms with Crippen molar-refractivity contribution in [1.29, 1.82) is 0 Å². The molecule has 1 aromatic carbocycles. The topological polar surface area (TPSA) is 70.6 Å². The fourth-order valence-corrected chi connectivity index (χ4v) is 6.88. The van der Waals surface area contributed by atoms with E-state index in [4.69, 9.17) is 0 Å². The van der Waals surface area contributed by atoms with Gasteiger partial charge < -0.3 is 9.80 Å². The summed E-state index contributed by atoms with van der Waals surface area (Å²) < 4.78 is 38.8. The molecule has 2 aliphatic rings. The summed E-state index contributed by atoms with van der Waals surface area (Å²) in [4.78, 5) is 21.1. The molecule has 3 heterocycles. The van der Waals surface area contributed by atoms with Crippen LogP contribution in [0.1, 0.15) is 16.1 Å². The molecule has 3 atom stereocenters. The molecule has 0 unspecified atom stereocenters. The number of aromatic nitrogens is 1. The van der Waals surface area contributed by atoms with Crippen molar-refractivity contribution in [1.82, 2.24) is 14.8 Å². The number of nitrogens with zero attached hydrogens (tertiary/aromatic N) is 3. The minimum absolute atomic E-state index is 0.0915. The molecular weight excluding hydrogens is 369 g/mol. The van der Waals surface area contributed by atoms with Crippen molar-refractivity contribution in [3.8, 4) is 0 Å². The predicted octanol–water partition coefficient (Wildman–Crippen LogP) is 1.48. The minimum atomic E-state index is -3.23. The Morgan fingerprint density at radius 1 is 1.26 bits per heavy atom. The number of sulfone groups is 1. The van der Waals surface area contributed by atoms with Crippen molar-refractivity contribution in [3.05, 3.63) is 41.3 Å². The van der Waals surface area contributed by atoms with E-state index in [1.807, 2.05) is 19.0 Å². The van der Waals surface area contributed by atoms with Crippen LogP contribution in [0, 0.1) is 18.7 Å². The van der Waals surface area contributed by atoms with Gasteiger partial charge in [0.2, 0.25) is 0 Å². The quantitative estimate of drug-likeness (QED) is 0.776. The molecule has 0 spiro atoms. The van der Waals surface area contributed by atoms with Crippen LogP contribution in [0.25, 0.3) is 10.9 Å². The van der Waals surface area contributed by atoms with Gasteiger partial charge in [0.25, 0.3) is 5.91 Å². The number of carbonyl (C=O) groups excluding carboxylic acids is 1. The Morgan fingerprint density at radius 3 is 2.70 bits per heavy atom. The second-order valence-electron chi connectivity index (χ2n) is 7.75. The summed E-state index contributed by atoms with van der Waals surface area (Å²) in [7, 11) is 0.509. The number of likely N-dealkylation sites (tertiary alicyclic amines) is 1. The average Bonchev–Trinajstić information content (AvgIpc) is 3.13. The van der Waals surface area contributed by atoms with E-state index in [-0.39, 0.29) is 30.2 Å². The first-order valence-corrected chi connectivity index (χ1v) is 10.6. The number of benzene rings is 1. The molecule has 1 aromatic heterocycles. The second-order valence-corrected chi connectivity index (χ2v) is 10.0. The fraction of sp³-hybridized carbons (Fsp3) is 0.474. The largest absolute Gasteiger partial charge is 0.337 e. The van der Waals surface area contributed by atoms with Crippen LogP contribution in [0.15, 0.2) is 24.3 Å². The van der Waals surface area contributed by atoms with E-state index < -0.39 is 20.9 Å². The molecule has 27 heavy (non-hydrogen) atoms. The molecule has 0 bridgehead atoms. The zero-order chi connectivity index (χ0) is 19.5. The molecule has 0 radical (unpaired) electrons. The van der Waals surface area contributed by atoms with E-state index in [0.717, 1.165) is 0 Å². The number of amides is 1. The smallest absolute Gasteiger partial charge is 0.254 e. The summed E-state index contributed by atoms with van der Waals surface area (Å²) >= 11 is 0. The van der Waals surface area contributed by atoms with Gasteiger partial charge in [-0.2, -0.15) is 0 Å². The van der Waals surface area contributed by atoms with Crippen molar-refractivity contribution in [2.45, 2.75) is 18.2 Å². The number of aryl methyl sites for hydroxylation is 1. The number of rotatable bonds is 2. The van der Waals surface area contributed by atoms with Crippen LogP contribution < -0.4 is 0 Å². The first-order chi connectivity index (χ1) is 12.7. The van der Waals surface area contributed by atoms with Gasteiger partial charge >= 0.3 is 0 Å². The van der Waals surface area contributed by atoms with E-state index in [9.17, 15) is 17.6 Å². The monoisotopic (exact) mass is 391 g/mol. The van der Waals surface area contributed by atoms with Crippen LogP contribution in [-0.2, 0) is 9.84 Å². The maximum atomic E-state index is 13.7. The molecule has 0 saturated carbocycles. The fourth-order valence-electron chi connectivity index (χ4n) is 4.41. The number of pyridine rings is 1. The summed E-state index contributed by atoms with van der Waals surface area (Å²) in [6.07, 6.45) is 0. The summed E-state index contributed by atoms with van der Waals surface area (Å²) in [5.41, 5.74) is 1.59. The van der Waals surface area contributed by atoms with E-state index in [1.54, 1.807) is 24.0 Å². The molecule has 2 fully saturated rings. The highest BCUT2D eigenvalue weighted by atomic mass is 32.2. The lowest BCUT2D eigenvalue weighted by atomic mass is 10.00. The zero-order valence-electron chi connectivity index (χ0n) is 15.5. The van der Waals surface area contributed by atoms with Gasteiger partial charge in [-0.25, -0.2) is 12.8 Å². The van der Waals surface area contributed by atoms with Gasteiger partial charge in [0.05, 0.1) is 22.1 Å². The standard InChI is InChI=1S/C19H22FN3O3S/c1-11-6-14(13-7-12(20)4-5-16(13)21-11)19(24)23-8-15-17(22(2)3)10-27(25,26)18(15)9-23/h4-7,15,17-18H,8-10H2,1-3H3/t15-,17+,18-/m0/s1. The van der Waals surface area contributed by atoms with Crippen molar-refractivity contribution in [2.75, 3.05) is 32.9 Å². The first kappa shape index (κ1) is 18.3. The lowest BCUT2D eigenvalue weighted by Crippen LogP contribution is -2.38. The molecule has 4 rings (SSSR count). The lowest BCUT2D eigenvalue weighted by molar-refractivity contribution is 0.0781. The third kappa shape index (κ3) is 3.00. The van der Waals surface area contributed by atoms with Gasteiger partial charge in [-0.1, -0.05) is 0 Å². The number of fused-ring (bicyclic) bond motifs is 2. The van der Waals surface area contributed by atoms with Crippen LogP contribution in [0.3, 0.4) is 0 Å². The van der Waals surface area contributed by atoms with Crippen LogP contribution in [-0.4, -0.2) is 73.3 Å². The third-order valence-corrected chi connectivity index (χ3v) is 7.97. The Balaban J connectivity index is 1.71. The van der Waals surface area contributed by atoms with Gasteiger partial charge in [0, 0.05) is 36.1 Å². The molecule has 144 valence electrons. The van der Waals surface area contributed by atoms with Gasteiger partial charge in [0.15, 0.2) is 9.84 Å². The SMILES string of the molecule is Cc1cc(C(=O)N2C[C@H]3[C@H](N(C)C)CS(=O)(=O)[C@H]3C2)c2cc(F)ccc2n1. The highest BCUT2D eigenvalue weighted by Crippen LogP contribution is 2.37. The molecule has 2 saturated heterocycles. The Hall–Kier alpha value is -2.06. The average molecular weight is 391 g/mol. The van der Waals surface area contributed by atoms with E-state index in [0.29, 0.717) is 28.7 Å². The van der Waals surface area contributed by atoms with Gasteiger partial charge in [-0.15, -0.1) is 0 Å². The van der Waals surface area contributed by atoms with Crippen LogP contribution in [0.5, 0.6) is 0 Å². The number of halogens is 1.